The summed E-state index contributed by atoms with van der Waals surface area (Å²) < 4.78 is 13.2. The molecule has 0 saturated carbocycles. The number of carbonyl (C=O) groups excluding carboxylic acids is 1. The highest BCUT2D eigenvalue weighted by Gasteiger charge is 2.33. The Morgan fingerprint density at radius 1 is 1.37 bits per heavy atom. The minimum atomic E-state index is -1.04. The molecule has 0 radical (unpaired) electrons. The third kappa shape index (κ3) is 2.67. The molecule has 1 aliphatic heterocycles. The van der Waals surface area contributed by atoms with E-state index < -0.39 is 23.7 Å². The second-order valence-electron chi connectivity index (χ2n) is 4.58. The van der Waals surface area contributed by atoms with E-state index in [9.17, 15) is 14.0 Å². The van der Waals surface area contributed by atoms with Crippen LogP contribution in [0.1, 0.15) is 29.6 Å². The Balaban J connectivity index is 2.31. The number of nitrogens with two attached hydrogens (primary N) is 1. The van der Waals surface area contributed by atoms with Gasteiger partial charge in [-0.1, -0.05) is 0 Å². The molecular weight excluding hydrogens is 251 g/mol. The van der Waals surface area contributed by atoms with E-state index in [0.29, 0.717) is 13.0 Å². The van der Waals surface area contributed by atoms with Gasteiger partial charge in [-0.25, -0.2) is 9.18 Å². The van der Waals surface area contributed by atoms with E-state index in [-0.39, 0.29) is 11.3 Å². The monoisotopic (exact) mass is 266 g/mol. The molecule has 2 rings (SSSR count). The van der Waals surface area contributed by atoms with Crippen molar-refractivity contribution in [2.45, 2.75) is 25.3 Å². The topological polar surface area (TPSA) is 83.6 Å². The first-order valence-electron chi connectivity index (χ1n) is 6.09. The molecule has 1 amide bonds. The van der Waals surface area contributed by atoms with Crippen LogP contribution < -0.4 is 5.73 Å². The Hall–Kier alpha value is -2.11. The lowest BCUT2D eigenvalue weighted by Crippen LogP contribution is -2.48. The molecule has 0 aromatic heterocycles. The van der Waals surface area contributed by atoms with Crippen molar-refractivity contribution >= 4 is 17.6 Å². The zero-order valence-electron chi connectivity index (χ0n) is 10.3. The van der Waals surface area contributed by atoms with Crippen molar-refractivity contribution in [3.05, 3.63) is 29.6 Å². The molecule has 1 atom stereocenters. The van der Waals surface area contributed by atoms with Crippen molar-refractivity contribution in [1.29, 1.82) is 0 Å². The van der Waals surface area contributed by atoms with Gasteiger partial charge in [-0.05, 0) is 37.5 Å². The van der Waals surface area contributed by atoms with Gasteiger partial charge < -0.3 is 15.7 Å². The summed E-state index contributed by atoms with van der Waals surface area (Å²) in [4.78, 5) is 24.7. The highest BCUT2D eigenvalue weighted by atomic mass is 19.1. The Bertz CT molecular complexity index is 519. The van der Waals surface area contributed by atoms with Gasteiger partial charge in [-0.2, -0.15) is 0 Å². The first-order valence-corrected chi connectivity index (χ1v) is 6.09. The number of aliphatic carboxylic acids is 1. The van der Waals surface area contributed by atoms with Crippen molar-refractivity contribution < 1.29 is 19.1 Å². The maximum Gasteiger partial charge on any atom is 0.326 e. The zero-order valence-corrected chi connectivity index (χ0v) is 10.3. The molecule has 102 valence electrons. The average molecular weight is 266 g/mol. The number of hydrogen-bond acceptors (Lipinski definition) is 3. The number of carbonyl (C=O) groups is 2. The molecule has 1 aromatic carbocycles. The first kappa shape index (κ1) is 13.3. The van der Waals surface area contributed by atoms with E-state index in [1.807, 2.05) is 0 Å². The summed E-state index contributed by atoms with van der Waals surface area (Å²) in [5.74, 6) is -2.13. The molecule has 0 spiro atoms. The predicted molar refractivity (Wildman–Crippen MR) is 67.1 cm³/mol. The van der Waals surface area contributed by atoms with Gasteiger partial charge in [-0.3, -0.25) is 4.79 Å². The summed E-state index contributed by atoms with van der Waals surface area (Å²) in [5.41, 5.74) is 5.83. The molecule has 6 heteroatoms. The van der Waals surface area contributed by atoms with E-state index in [0.717, 1.165) is 25.0 Å². The minimum Gasteiger partial charge on any atom is -0.480 e. The number of nitrogen functional groups attached to an aromatic ring is 1. The van der Waals surface area contributed by atoms with Crippen molar-refractivity contribution in [3.63, 3.8) is 0 Å². The average Bonchev–Trinajstić information content (AvgIpc) is 2.40. The zero-order chi connectivity index (χ0) is 14.0. The highest BCUT2D eigenvalue weighted by Crippen LogP contribution is 2.23. The van der Waals surface area contributed by atoms with Gasteiger partial charge in [0, 0.05) is 12.2 Å². The van der Waals surface area contributed by atoms with Crippen LogP contribution in [0, 0.1) is 5.82 Å². The van der Waals surface area contributed by atoms with Crippen LogP contribution in [0.2, 0.25) is 0 Å². The number of likely N-dealkylation sites (tertiary alicyclic amines) is 1. The Morgan fingerprint density at radius 2 is 2.11 bits per heavy atom. The predicted octanol–water partition coefficient (Wildman–Crippen LogP) is 1.49. The number of benzene rings is 1. The number of amides is 1. The lowest BCUT2D eigenvalue weighted by molar-refractivity contribution is -0.143. The molecule has 3 N–H and O–H groups in total. The van der Waals surface area contributed by atoms with Gasteiger partial charge in [0.25, 0.3) is 5.91 Å². The van der Waals surface area contributed by atoms with E-state index in [2.05, 4.69) is 0 Å². The largest absolute Gasteiger partial charge is 0.480 e. The van der Waals surface area contributed by atoms with Crippen LogP contribution in [0.15, 0.2) is 18.2 Å². The van der Waals surface area contributed by atoms with Crippen LogP contribution in [0.4, 0.5) is 10.1 Å². The Labute approximate surface area is 109 Å². The van der Waals surface area contributed by atoms with Gasteiger partial charge in [0.15, 0.2) is 0 Å². The van der Waals surface area contributed by atoms with Gasteiger partial charge in [0.05, 0.1) is 5.56 Å². The smallest absolute Gasteiger partial charge is 0.326 e. The Kier molecular flexibility index (Phi) is 3.69. The second kappa shape index (κ2) is 5.26. The molecule has 1 fully saturated rings. The SMILES string of the molecule is Nc1ccc(F)cc1C(=O)N1CCCCC1C(=O)O. The fourth-order valence-corrected chi connectivity index (χ4v) is 2.30. The molecule has 0 bridgehead atoms. The number of hydrogen-bond donors (Lipinski definition) is 2. The van der Waals surface area contributed by atoms with Gasteiger partial charge >= 0.3 is 5.97 Å². The van der Waals surface area contributed by atoms with Crippen LogP contribution in [0.25, 0.3) is 0 Å². The Morgan fingerprint density at radius 3 is 2.79 bits per heavy atom. The summed E-state index contributed by atoms with van der Waals surface area (Å²) >= 11 is 0. The summed E-state index contributed by atoms with van der Waals surface area (Å²) in [5, 5.41) is 9.13. The fraction of sp³-hybridized carbons (Fsp3) is 0.385. The fourth-order valence-electron chi connectivity index (χ4n) is 2.30. The molecule has 1 heterocycles. The molecule has 1 saturated heterocycles. The molecule has 1 aromatic rings. The number of piperidine rings is 1. The number of nitrogens with zero attached hydrogens (tertiary/aromatic N) is 1. The van der Waals surface area contributed by atoms with E-state index in [1.54, 1.807) is 0 Å². The number of carboxylic acids is 1. The quantitative estimate of drug-likeness (QED) is 0.794. The van der Waals surface area contributed by atoms with Crippen LogP contribution in [-0.2, 0) is 4.79 Å². The number of carboxylic acid groups (broad SMARTS) is 1. The number of anilines is 1. The van der Waals surface area contributed by atoms with Gasteiger partial charge in [0.1, 0.15) is 11.9 Å². The minimum absolute atomic E-state index is 0.0214. The highest BCUT2D eigenvalue weighted by molar-refractivity contribution is 6.00. The maximum absolute atomic E-state index is 13.2. The number of halogens is 1. The summed E-state index contributed by atoms with van der Waals surface area (Å²) in [7, 11) is 0. The standard InChI is InChI=1S/C13H15FN2O3/c14-8-4-5-10(15)9(7-8)12(17)16-6-2-1-3-11(16)13(18)19/h4-5,7,11H,1-3,6,15H2,(H,18,19). The first-order chi connectivity index (χ1) is 9.00. The lowest BCUT2D eigenvalue weighted by atomic mass is 10.0. The third-order valence-electron chi connectivity index (χ3n) is 3.29. The normalized spacial score (nSPS) is 19.2. The molecule has 19 heavy (non-hydrogen) atoms. The lowest BCUT2D eigenvalue weighted by Gasteiger charge is -2.33. The second-order valence-corrected chi connectivity index (χ2v) is 4.58. The molecule has 5 nitrogen and oxygen atoms in total. The third-order valence-corrected chi connectivity index (χ3v) is 3.29. The van der Waals surface area contributed by atoms with Crippen LogP contribution in [-0.4, -0.2) is 34.5 Å². The van der Waals surface area contributed by atoms with E-state index >= 15 is 0 Å². The van der Waals surface area contributed by atoms with Crippen molar-refractivity contribution in [1.82, 2.24) is 4.90 Å². The molecule has 1 aliphatic rings. The number of rotatable bonds is 2. The van der Waals surface area contributed by atoms with Crippen molar-refractivity contribution in [2.24, 2.45) is 0 Å². The molecular formula is C13H15FN2O3. The summed E-state index contributed by atoms with van der Waals surface area (Å²) in [6.45, 7) is 0.353. The van der Waals surface area contributed by atoms with E-state index in [4.69, 9.17) is 10.8 Å². The summed E-state index contributed by atoms with van der Waals surface area (Å²) in [6.07, 6.45) is 1.92. The molecule has 1 unspecified atom stereocenters. The van der Waals surface area contributed by atoms with Crippen molar-refractivity contribution in [3.8, 4) is 0 Å². The van der Waals surface area contributed by atoms with Crippen molar-refractivity contribution in [2.75, 3.05) is 12.3 Å². The van der Waals surface area contributed by atoms with Crippen LogP contribution in [0.5, 0.6) is 0 Å². The maximum atomic E-state index is 13.2. The van der Waals surface area contributed by atoms with Gasteiger partial charge in [-0.15, -0.1) is 0 Å². The van der Waals surface area contributed by atoms with E-state index in [1.165, 1.54) is 11.0 Å². The van der Waals surface area contributed by atoms with Crippen LogP contribution in [0.3, 0.4) is 0 Å². The molecule has 0 aliphatic carbocycles. The summed E-state index contributed by atoms with van der Waals surface area (Å²) in [6, 6.07) is 2.66. The van der Waals surface area contributed by atoms with Crippen LogP contribution >= 0.6 is 0 Å². The van der Waals surface area contributed by atoms with Gasteiger partial charge in [0.2, 0.25) is 0 Å².